The molecule has 2 heterocycles. The van der Waals surface area contributed by atoms with Crippen molar-refractivity contribution in [3.8, 4) is 11.5 Å². The van der Waals surface area contributed by atoms with E-state index in [1.165, 1.54) is 17.5 Å². The predicted octanol–water partition coefficient (Wildman–Crippen LogP) is 1.45. The van der Waals surface area contributed by atoms with Gasteiger partial charge in [-0.15, -0.1) is 11.3 Å². The Morgan fingerprint density at radius 1 is 1.15 bits per heavy atom. The zero-order valence-electron chi connectivity index (χ0n) is 10.1. The van der Waals surface area contributed by atoms with E-state index in [4.69, 9.17) is 9.47 Å². The van der Waals surface area contributed by atoms with Crippen molar-refractivity contribution in [3.63, 3.8) is 0 Å². The fraction of sp³-hybridized carbons (Fsp3) is 0.0833. The summed E-state index contributed by atoms with van der Waals surface area (Å²) in [5.74, 6) is -0.421. The molecule has 0 unspecified atom stereocenters. The molecular formula is C12H9N3O4S. The SMILES string of the molecule is O=C(Nc1ccc2c(c1)OCO2)C(=O)Nc1nccs1. The number of thiazole rings is 1. The van der Waals surface area contributed by atoms with Gasteiger partial charge in [-0.05, 0) is 12.1 Å². The molecule has 7 nitrogen and oxygen atoms in total. The van der Waals surface area contributed by atoms with Gasteiger partial charge in [0.25, 0.3) is 0 Å². The van der Waals surface area contributed by atoms with Crippen LogP contribution < -0.4 is 20.1 Å². The lowest BCUT2D eigenvalue weighted by Gasteiger charge is -2.05. The van der Waals surface area contributed by atoms with Crippen LogP contribution in [0.15, 0.2) is 29.8 Å². The molecule has 0 spiro atoms. The van der Waals surface area contributed by atoms with Crippen LogP contribution in [-0.4, -0.2) is 23.6 Å². The van der Waals surface area contributed by atoms with E-state index in [9.17, 15) is 9.59 Å². The van der Waals surface area contributed by atoms with Crippen LogP contribution in [0.1, 0.15) is 0 Å². The lowest BCUT2D eigenvalue weighted by atomic mass is 10.3. The number of anilines is 2. The number of hydrogen-bond acceptors (Lipinski definition) is 6. The molecule has 0 fully saturated rings. The van der Waals surface area contributed by atoms with Crippen LogP contribution in [0.3, 0.4) is 0 Å². The number of rotatable bonds is 2. The van der Waals surface area contributed by atoms with Crippen LogP contribution >= 0.6 is 11.3 Å². The molecule has 0 atom stereocenters. The van der Waals surface area contributed by atoms with E-state index in [-0.39, 0.29) is 6.79 Å². The molecule has 2 amide bonds. The predicted molar refractivity (Wildman–Crippen MR) is 71.9 cm³/mol. The summed E-state index contributed by atoms with van der Waals surface area (Å²) in [5.41, 5.74) is 0.452. The second-order valence-electron chi connectivity index (χ2n) is 3.81. The van der Waals surface area contributed by atoms with Crippen molar-refractivity contribution in [1.82, 2.24) is 4.98 Å². The monoisotopic (exact) mass is 291 g/mol. The van der Waals surface area contributed by atoms with E-state index in [0.29, 0.717) is 22.3 Å². The summed E-state index contributed by atoms with van der Waals surface area (Å²) in [6.45, 7) is 0.150. The van der Waals surface area contributed by atoms with E-state index in [0.717, 1.165) is 0 Å². The van der Waals surface area contributed by atoms with E-state index in [2.05, 4.69) is 15.6 Å². The Labute approximate surface area is 117 Å². The first-order chi connectivity index (χ1) is 9.72. The van der Waals surface area contributed by atoms with Gasteiger partial charge in [0, 0.05) is 23.3 Å². The van der Waals surface area contributed by atoms with Crippen molar-refractivity contribution < 1.29 is 19.1 Å². The van der Waals surface area contributed by atoms with Gasteiger partial charge in [0.15, 0.2) is 16.6 Å². The quantitative estimate of drug-likeness (QED) is 0.817. The third-order valence-electron chi connectivity index (χ3n) is 2.49. The summed E-state index contributed by atoms with van der Waals surface area (Å²) < 4.78 is 10.3. The Kier molecular flexibility index (Phi) is 3.21. The molecule has 3 rings (SSSR count). The molecule has 0 saturated carbocycles. The maximum Gasteiger partial charge on any atom is 0.315 e. The molecule has 1 aromatic carbocycles. The zero-order valence-corrected chi connectivity index (χ0v) is 10.9. The molecule has 0 aliphatic carbocycles. The molecule has 0 bridgehead atoms. The van der Waals surface area contributed by atoms with Crippen molar-refractivity contribution in [2.45, 2.75) is 0 Å². The smallest absolute Gasteiger partial charge is 0.315 e. The lowest BCUT2D eigenvalue weighted by Crippen LogP contribution is -2.28. The van der Waals surface area contributed by atoms with Gasteiger partial charge in [-0.1, -0.05) is 0 Å². The summed E-state index contributed by atoms with van der Waals surface area (Å²) in [6.07, 6.45) is 1.54. The zero-order chi connectivity index (χ0) is 13.9. The van der Waals surface area contributed by atoms with Crippen LogP contribution in [0.25, 0.3) is 0 Å². The highest BCUT2D eigenvalue weighted by Gasteiger charge is 2.18. The minimum absolute atomic E-state index is 0.150. The Hall–Kier alpha value is -2.61. The first-order valence-electron chi connectivity index (χ1n) is 5.64. The number of carbonyl (C=O) groups is 2. The molecule has 8 heteroatoms. The molecule has 1 aliphatic rings. The summed E-state index contributed by atoms with van der Waals surface area (Å²) in [4.78, 5) is 27.2. The van der Waals surface area contributed by atoms with Crippen molar-refractivity contribution in [3.05, 3.63) is 29.8 Å². The molecule has 2 aromatic rings. The summed E-state index contributed by atoms with van der Waals surface area (Å²) >= 11 is 1.23. The minimum Gasteiger partial charge on any atom is -0.454 e. The normalized spacial score (nSPS) is 12.0. The first kappa shape index (κ1) is 12.4. The Balaban J connectivity index is 1.65. The number of nitrogens with one attached hydrogen (secondary N) is 2. The number of nitrogens with zero attached hydrogens (tertiary/aromatic N) is 1. The van der Waals surface area contributed by atoms with Gasteiger partial charge in [0.2, 0.25) is 6.79 Å². The largest absolute Gasteiger partial charge is 0.454 e. The Morgan fingerprint density at radius 3 is 2.75 bits per heavy atom. The van der Waals surface area contributed by atoms with Crippen molar-refractivity contribution in [1.29, 1.82) is 0 Å². The summed E-state index contributed by atoms with van der Waals surface area (Å²) in [5, 5.41) is 6.94. The number of amides is 2. The van der Waals surface area contributed by atoms with E-state index in [1.54, 1.807) is 23.6 Å². The van der Waals surface area contributed by atoms with Gasteiger partial charge >= 0.3 is 11.8 Å². The average molecular weight is 291 g/mol. The average Bonchev–Trinajstić information content (AvgIpc) is 3.08. The van der Waals surface area contributed by atoms with Crippen LogP contribution in [-0.2, 0) is 9.59 Å². The molecule has 0 radical (unpaired) electrons. The van der Waals surface area contributed by atoms with Crippen LogP contribution in [0, 0.1) is 0 Å². The number of ether oxygens (including phenoxy) is 2. The number of carbonyl (C=O) groups excluding carboxylic acids is 2. The van der Waals surface area contributed by atoms with Gasteiger partial charge in [-0.3, -0.25) is 14.9 Å². The number of benzene rings is 1. The Morgan fingerprint density at radius 2 is 1.95 bits per heavy atom. The standard InChI is InChI=1S/C12H9N3O4S/c16-10(11(17)15-12-13-3-4-20-12)14-7-1-2-8-9(5-7)19-6-18-8/h1-5H,6H2,(H,14,16)(H,13,15,17). The lowest BCUT2D eigenvalue weighted by molar-refractivity contribution is -0.132. The highest BCUT2D eigenvalue weighted by atomic mass is 32.1. The van der Waals surface area contributed by atoms with Crippen molar-refractivity contribution in [2.24, 2.45) is 0 Å². The third kappa shape index (κ3) is 2.54. The van der Waals surface area contributed by atoms with E-state index < -0.39 is 11.8 Å². The molecular weight excluding hydrogens is 282 g/mol. The minimum atomic E-state index is -0.780. The van der Waals surface area contributed by atoms with Crippen LogP contribution in [0.5, 0.6) is 11.5 Å². The second kappa shape index (κ2) is 5.17. The molecule has 102 valence electrons. The fourth-order valence-corrected chi connectivity index (χ4v) is 2.13. The first-order valence-corrected chi connectivity index (χ1v) is 6.52. The van der Waals surface area contributed by atoms with Crippen LogP contribution in [0.4, 0.5) is 10.8 Å². The number of hydrogen-bond donors (Lipinski definition) is 2. The molecule has 1 aromatic heterocycles. The third-order valence-corrected chi connectivity index (χ3v) is 3.18. The molecule has 20 heavy (non-hydrogen) atoms. The van der Waals surface area contributed by atoms with E-state index >= 15 is 0 Å². The maximum atomic E-state index is 11.7. The van der Waals surface area contributed by atoms with Crippen molar-refractivity contribution >= 4 is 34.0 Å². The Bertz CT molecular complexity index is 657. The second-order valence-corrected chi connectivity index (χ2v) is 4.71. The number of fused-ring (bicyclic) bond motifs is 1. The summed E-state index contributed by atoms with van der Waals surface area (Å²) in [6, 6.07) is 4.88. The fourth-order valence-electron chi connectivity index (χ4n) is 1.60. The van der Waals surface area contributed by atoms with Gasteiger partial charge in [0.05, 0.1) is 0 Å². The van der Waals surface area contributed by atoms with Gasteiger partial charge in [-0.2, -0.15) is 0 Å². The molecule has 0 saturated heterocycles. The molecule has 2 N–H and O–H groups in total. The highest BCUT2D eigenvalue weighted by molar-refractivity contribution is 7.13. The molecule has 1 aliphatic heterocycles. The number of aromatic nitrogens is 1. The van der Waals surface area contributed by atoms with Gasteiger partial charge < -0.3 is 14.8 Å². The van der Waals surface area contributed by atoms with E-state index in [1.807, 2.05) is 0 Å². The van der Waals surface area contributed by atoms with Crippen LogP contribution in [0.2, 0.25) is 0 Å². The van der Waals surface area contributed by atoms with Gasteiger partial charge in [-0.25, -0.2) is 4.98 Å². The maximum absolute atomic E-state index is 11.7. The van der Waals surface area contributed by atoms with Crippen molar-refractivity contribution in [2.75, 3.05) is 17.4 Å². The topological polar surface area (TPSA) is 89.5 Å². The highest BCUT2D eigenvalue weighted by Crippen LogP contribution is 2.34. The van der Waals surface area contributed by atoms with Gasteiger partial charge in [0.1, 0.15) is 0 Å². The summed E-state index contributed by atoms with van der Waals surface area (Å²) in [7, 11) is 0.